The van der Waals surface area contributed by atoms with E-state index in [1.807, 2.05) is 6.07 Å². The zero-order valence-electron chi connectivity index (χ0n) is 10.6. The number of imidazole rings is 1. The van der Waals surface area contributed by atoms with Gasteiger partial charge in [0.2, 0.25) is 0 Å². The van der Waals surface area contributed by atoms with Crippen molar-refractivity contribution in [1.29, 1.82) is 0 Å². The van der Waals surface area contributed by atoms with Crippen molar-refractivity contribution in [1.82, 2.24) is 15.3 Å². The van der Waals surface area contributed by atoms with Gasteiger partial charge in [-0.05, 0) is 12.1 Å². The molecule has 3 rings (SSSR count). The summed E-state index contributed by atoms with van der Waals surface area (Å²) < 4.78 is 0. The quantitative estimate of drug-likeness (QED) is 0.858. The molecule has 2 N–H and O–H groups in total. The number of rotatable bonds is 3. The Balaban J connectivity index is 1.65. The summed E-state index contributed by atoms with van der Waals surface area (Å²) in [6.07, 6.45) is 2.78. The molecule has 0 spiro atoms. The molecule has 1 aromatic carbocycles. The molecule has 18 heavy (non-hydrogen) atoms. The molecule has 0 fully saturated rings. The van der Waals surface area contributed by atoms with E-state index in [4.69, 9.17) is 0 Å². The number of likely N-dealkylation sites (N-methyl/N-ethyl adjacent to an activating group) is 1. The minimum Gasteiger partial charge on any atom is -0.373 e. The maximum Gasteiger partial charge on any atom is 0.0925 e. The molecule has 0 saturated heterocycles. The molecule has 0 aliphatic carbocycles. The topological polar surface area (TPSA) is 44.0 Å². The Hall–Kier alpha value is -1.81. The third-order valence-electron chi connectivity index (χ3n) is 3.51. The fourth-order valence-corrected chi connectivity index (χ4v) is 2.48. The van der Waals surface area contributed by atoms with Crippen molar-refractivity contribution in [3.63, 3.8) is 0 Å². The molecule has 2 heterocycles. The zero-order valence-corrected chi connectivity index (χ0v) is 10.6. The number of benzene rings is 1. The number of hydrogen-bond donors (Lipinski definition) is 2. The van der Waals surface area contributed by atoms with Crippen LogP contribution < -0.4 is 10.2 Å². The van der Waals surface area contributed by atoms with E-state index in [-0.39, 0.29) is 0 Å². The van der Waals surface area contributed by atoms with Crippen LogP contribution >= 0.6 is 0 Å². The van der Waals surface area contributed by atoms with E-state index in [1.54, 1.807) is 6.33 Å². The van der Waals surface area contributed by atoms with E-state index in [1.165, 1.54) is 17.1 Å². The number of hydrogen-bond acceptors (Lipinski definition) is 3. The van der Waals surface area contributed by atoms with Crippen molar-refractivity contribution < 1.29 is 0 Å². The second kappa shape index (κ2) is 4.82. The van der Waals surface area contributed by atoms with Crippen LogP contribution in [0.25, 0.3) is 0 Å². The molecule has 4 heteroatoms. The van der Waals surface area contributed by atoms with Crippen LogP contribution in [0.15, 0.2) is 36.7 Å². The SMILES string of the molecule is CN(CC1Cc2nc[nH]c2CN1)c1ccccc1. The molecule has 0 bridgehead atoms. The molecule has 0 radical (unpaired) electrons. The number of nitrogens with zero attached hydrogens (tertiary/aromatic N) is 2. The lowest BCUT2D eigenvalue weighted by molar-refractivity contribution is 0.472. The van der Waals surface area contributed by atoms with Gasteiger partial charge in [-0.2, -0.15) is 0 Å². The first kappa shape index (κ1) is 11.3. The lowest BCUT2D eigenvalue weighted by atomic mass is 10.0. The molecule has 1 aromatic heterocycles. The van der Waals surface area contributed by atoms with E-state index in [9.17, 15) is 0 Å². The van der Waals surface area contributed by atoms with Gasteiger partial charge in [-0.3, -0.25) is 0 Å². The molecule has 1 atom stereocenters. The Labute approximate surface area is 107 Å². The highest BCUT2D eigenvalue weighted by atomic mass is 15.1. The van der Waals surface area contributed by atoms with Crippen molar-refractivity contribution in [3.8, 4) is 0 Å². The van der Waals surface area contributed by atoms with Crippen molar-refractivity contribution in [2.45, 2.75) is 19.0 Å². The number of para-hydroxylation sites is 1. The summed E-state index contributed by atoms with van der Waals surface area (Å²) in [6, 6.07) is 10.9. The van der Waals surface area contributed by atoms with Crippen LogP contribution in [-0.4, -0.2) is 29.6 Å². The lowest BCUT2D eigenvalue weighted by Crippen LogP contribution is -2.43. The monoisotopic (exact) mass is 242 g/mol. The molecular formula is C14H18N4. The molecule has 2 aromatic rings. The standard InChI is InChI=1S/C14H18N4/c1-18(12-5-3-2-4-6-12)9-11-7-13-14(8-15-11)17-10-16-13/h2-6,10-11,15H,7-9H2,1H3,(H,16,17). The lowest BCUT2D eigenvalue weighted by Gasteiger charge is -2.29. The predicted molar refractivity (Wildman–Crippen MR) is 72.6 cm³/mol. The Bertz CT molecular complexity index is 506. The van der Waals surface area contributed by atoms with Crippen molar-refractivity contribution in [2.24, 2.45) is 0 Å². The number of aromatic amines is 1. The average molecular weight is 242 g/mol. The van der Waals surface area contributed by atoms with Crippen LogP contribution in [0.5, 0.6) is 0 Å². The largest absolute Gasteiger partial charge is 0.373 e. The fourth-order valence-electron chi connectivity index (χ4n) is 2.48. The predicted octanol–water partition coefficient (Wildman–Crippen LogP) is 1.56. The van der Waals surface area contributed by atoms with Crippen LogP contribution in [0.1, 0.15) is 11.4 Å². The van der Waals surface area contributed by atoms with Crippen molar-refractivity contribution in [3.05, 3.63) is 48.0 Å². The number of fused-ring (bicyclic) bond motifs is 1. The van der Waals surface area contributed by atoms with E-state index in [2.05, 4.69) is 51.5 Å². The van der Waals surface area contributed by atoms with Crippen LogP contribution in [0.3, 0.4) is 0 Å². The summed E-state index contributed by atoms with van der Waals surface area (Å²) in [6.45, 7) is 1.89. The van der Waals surface area contributed by atoms with Crippen LogP contribution in [0.4, 0.5) is 5.69 Å². The highest BCUT2D eigenvalue weighted by Gasteiger charge is 2.20. The summed E-state index contributed by atoms with van der Waals surface area (Å²) in [5.41, 5.74) is 3.70. The highest BCUT2D eigenvalue weighted by Crippen LogP contribution is 2.16. The third-order valence-corrected chi connectivity index (χ3v) is 3.51. The van der Waals surface area contributed by atoms with Gasteiger partial charge in [0.1, 0.15) is 0 Å². The number of aromatic nitrogens is 2. The Morgan fingerprint density at radius 3 is 3.00 bits per heavy atom. The second-order valence-electron chi connectivity index (χ2n) is 4.83. The van der Waals surface area contributed by atoms with Gasteiger partial charge >= 0.3 is 0 Å². The normalized spacial score (nSPS) is 18.4. The molecular weight excluding hydrogens is 224 g/mol. The molecule has 1 aliphatic rings. The number of H-pyrrole nitrogens is 1. The molecule has 1 unspecified atom stereocenters. The number of nitrogens with one attached hydrogen (secondary N) is 2. The van der Waals surface area contributed by atoms with Crippen molar-refractivity contribution >= 4 is 5.69 Å². The van der Waals surface area contributed by atoms with E-state index >= 15 is 0 Å². The maximum atomic E-state index is 4.37. The first-order valence-electron chi connectivity index (χ1n) is 6.33. The minimum absolute atomic E-state index is 0.464. The molecule has 0 amide bonds. The maximum absolute atomic E-state index is 4.37. The third kappa shape index (κ3) is 2.24. The van der Waals surface area contributed by atoms with Gasteiger partial charge in [0.25, 0.3) is 0 Å². The first-order valence-corrected chi connectivity index (χ1v) is 6.33. The fraction of sp³-hybridized carbons (Fsp3) is 0.357. The summed E-state index contributed by atoms with van der Waals surface area (Å²) in [4.78, 5) is 9.84. The van der Waals surface area contributed by atoms with Gasteiger partial charge in [-0.1, -0.05) is 18.2 Å². The molecule has 1 aliphatic heterocycles. The van der Waals surface area contributed by atoms with E-state index in [0.29, 0.717) is 6.04 Å². The molecule has 94 valence electrons. The highest BCUT2D eigenvalue weighted by molar-refractivity contribution is 5.45. The summed E-state index contributed by atoms with van der Waals surface area (Å²) in [7, 11) is 2.14. The van der Waals surface area contributed by atoms with Crippen molar-refractivity contribution in [2.75, 3.05) is 18.5 Å². The van der Waals surface area contributed by atoms with Crippen LogP contribution in [0, 0.1) is 0 Å². The summed E-state index contributed by atoms with van der Waals surface area (Å²) >= 11 is 0. The van der Waals surface area contributed by atoms with Gasteiger partial charge in [-0.15, -0.1) is 0 Å². The van der Waals surface area contributed by atoms with E-state index in [0.717, 1.165) is 19.5 Å². The minimum atomic E-state index is 0.464. The molecule has 4 nitrogen and oxygen atoms in total. The van der Waals surface area contributed by atoms with Crippen LogP contribution in [0.2, 0.25) is 0 Å². The summed E-state index contributed by atoms with van der Waals surface area (Å²) in [5.74, 6) is 0. The van der Waals surface area contributed by atoms with Gasteiger partial charge < -0.3 is 15.2 Å². The Morgan fingerprint density at radius 2 is 2.17 bits per heavy atom. The van der Waals surface area contributed by atoms with Gasteiger partial charge in [-0.25, -0.2) is 4.98 Å². The van der Waals surface area contributed by atoms with Gasteiger partial charge in [0.05, 0.1) is 17.7 Å². The second-order valence-corrected chi connectivity index (χ2v) is 4.83. The van der Waals surface area contributed by atoms with Crippen LogP contribution in [-0.2, 0) is 13.0 Å². The molecule has 0 saturated carbocycles. The van der Waals surface area contributed by atoms with E-state index < -0.39 is 0 Å². The Morgan fingerprint density at radius 1 is 1.33 bits per heavy atom. The average Bonchev–Trinajstić information content (AvgIpc) is 2.87. The Kier molecular flexibility index (Phi) is 3.02. The number of anilines is 1. The van der Waals surface area contributed by atoms with Gasteiger partial charge in [0.15, 0.2) is 0 Å². The summed E-state index contributed by atoms with van der Waals surface area (Å²) in [5, 5.41) is 3.55. The zero-order chi connectivity index (χ0) is 12.4. The van der Waals surface area contributed by atoms with Gasteiger partial charge in [0, 0.05) is 38.3 Å². The first-order chi connectivity index (χ1) is 8.83. The smallest absolute Gasteiger partial charge is 0.0925 e.